The minimum Gasteiger partial charge on any atom is -0.358 e. The summed E-state index contributed by atoms with van der Waals surface area (Å²) in [5.74, 6) is -0.160. The first-order valence-electron chi connectivity index (χ1n) is 7.66. The second-order valence-corrected chi connectivity index (χ2v) is 6.38. The lowest BCUT2D eigenvalue weighted by Crippen LogP contribution is -2.31. The zero-order valence-corrected chi connectivity index (χ0v) is 15.2. The van der Waals surface area contributed by atoms with Crippen LogP contribution < -0.4 is 15.5 Å². The summed E-state index contributed by atoms with van der Waals surface area (Å²) in [6.45, 7) is 6.25. The van der Waals surface area contributed by atoms with Crippen LogP contribution in [0.15, 0.2) is 23.6 Å². The molecule has 0 atom stereocenters. The van der Waals surface area contributed by atoms with Crippen LogP contribution >= 0.6 is 11.3 Å². The Balaban J connectivity index is 2.18. The highest BCUT2D eigenvalue weighted by Gasteiger charge is 2.19. The van der Waals surface area contributed by atoms with Crippen LogP contribution in [0.5, 0.6) is 0 Å². The molecule has 0 radical (unpaired) electrons. The quantitative estimate of drug-likeness (QED) is 0.841. The minimum atomic E-state index is -0.0822. The maximum Gasteiger partial charge on any atom is 0.233 e. The number of anilines is 2. The number of thiazole rings is 1. The fourth-order valence-corrected chi connectivity index (χ4v) is 3.22. The molecule has 0 aliphatic rings. The number of aromatic nitrogens is 1. The number of benzene rings is 1. The Hall–Kier alpha value is -2.25. The Morgan fingerprint density at radius 1 is 1.29 bits per heavy atom. The van der Waals surface area contributed by atoms with Gasteiger partial charge in [-0.25, -0.2) is 4.98 Å². The van der Waals surface area contributed by atoms with E-state index in [-0.39, 0.29) is 18.4 Å². The molecular weight excluding hydrogens is 324 g/mol. The van der Waals surface area contributed by atoms with E-state index in [1.165, 1.54) is 18.3 Å². The molecule has 0 aliphatic carbocycles. The summed E-state index contributed by atoms with van der Waals surface area (Å²) in [6, 6.07) is 5.97. The number of aryl methyl sites for hydroxylation is 2. The molecule has 24 heavy (non-hydrogen) atoms. The van der Waals surface area contributed by atoms with Crippen molar-refractivity contribution in [2.45, 2.75) is 27.3 Å². The summed E-state index contributed by atoms with van der Waals surface area (Å²) in [6.07, 6.45) is 0. The molecule has 1 aromatic heterocycles. The molecule has 1 aromatic carbocycles. The second kappa shape index (κ2) is 8.03. The topological polar surface area (TPSA) is 74.3 Å². The maximum atomic E-state index is 12.2. The van der Waals surface area contributed by atoms with Gasteiger partial charge in [-0.15, -0.1) is 11.3 Å². The number of carbonyl (C=O) groups excluding carboxylic acids is 2. The van der Waals surface area contributed by atoms with Gasteiger partial charge in [0.2, 0.25) is 11.8 Å². The monoisotopic (exact) mass is 346 g/mol. The molecule has 0 fully saturated rings. The van der Waals surface area contributed by atoms with Crippen LogP contribution in [-0.2, 0) is 16.1 Å². The highest BCUT2D eigenvalue weighted by atomic mass is 32.1. The van der Waals surface area contributed by atoms with Crippen molar-refractivity contribution in [3.63, 3.8) is 0 Å². The molecule has 2 amide bonds. The van der Waals surface area contributed by atoms with E-state index in [4.69, 9.17) is 0 Å². The van der Waals surface area contributed by atoms with Crippen molar-refractivity contribution in [1.82, 2.24) is 15.6 Å². The molecular formula is C17H22N4O2S. The highest BCUT2D eigenvalue weighted by Crippen LogP contribution is 2.31. The van der Waals surface area contributed by atoms with Crippen molar-refractivity contribution in [2.24, 2.45) is 0 Å². The number of amides is 2. The number of nitrogens with zero attached hydrogens (tertiary/aromatic N) is 2. The molecule has 2 N–H and O–H groups in total. The fraction of sp³-hybridized carbons (Fsp3) is 0.353. The largest absolute Gasteiger partial charge is 0.358 e. The van der Waals surface area contributed by atoms with Crippen molar-refractivity contribution in [3.8, 4) is 0 Å². The second-order valence-electron chi connectivity index (χ2n) is 5.54. The van der Waals surface area contributed by atoms with Crippen LogP contribution in [0.4, 0.5) is 10.8 Å². The van der Waals surface area contributed by atoms with Gasteiger partial charge in [0.1, 0.15) is 0 Å². The first-order chi connectivity index (χ1) is 11.4. The first-order valence-corrected chi connectivity index (χ1v) is 8.54. The van der Waals surface area contributed by atoms with E-state index >= 15 is 0 Å². The minimum absolute atomic E-state index is 0.0777. The summed E-state index contributed by atoms with van der Waals surface area (Å²) >= 11 is 1.41. The third-order valence-corrected chi connectivity index (χ3v) is 4.38. The van der Waals surface area contributed by atoms with E-state index in [2.05, 4.69) is 15.6 Å². The van der Waals surface area contributed by atoms with Crippen molar-refractivity contribution >= 4 is 34.0 Å². The van der Waals surface area contributed by atoms with Crippen LogP contribution in [-0.4, -0.2) is 30.4 Å². The van der Waals surface area contributed by atoms with Gasteiger partial charge < -0.3 is 10.6 Å². The summed E-state index contributed by atoms with van der Waals surface area (Å²) in [7, 11) is 1.60. The predicted octanol–water partition coefficient (Wildman–Crippen LogP) is 2.28. The average Bonchev–Trinajstić information content (AvgIpc) is 2.97. The van der Waals surface area contributed by atoms with E-state index in [1.807, 2.05) is 37.4 Å². The molecule has 0 bridgehead atoms. The van der Waals surface area contributed by atoms with E-state index in [0.717, 1.165) is 22.5 Å². The van der Waals surface area contributed by atoms with Crippen LogP contribution in [0, 0.1) is 13.8 Å². The smallest absolute Gasteiger partial charge is 0.233 e. The van der Waals surface area contributed by atoms with Crippen molar-refractivity contribution in [3.05, 3.63) is 40.4 Å². The van der Waals surface area contributed by atoms with Gasteiger partial charge in [0.05, 0.1) is 17.9 Å². The molecule has 7 heteroatoms. The fourth-order valence-electron chi connectivity index (χ4n) is 2.34. The number of nitrogens with one attached hydrogen (secondary N) is 2. The standard InChI is InChI=1S/C17H22N4O2S/c1-11-5-6-15(12(2)7-11)21(13(3)22)17-20-14(10-24-17)8-19-9-16(23)18-4/h5-7,10,19H,8-9H2,1-4H3,(H,18,23). The summed E-state index contributed by atoms with van der Waals surface area (Å²) in [5.41, 5.74) is 3.82. The Kier molecular flexibility index (Phi) is 6.05. The predicted molar refractivity (Wildman–Crippen MR) is 96.6 cm³/mol. The van der Waals surface area contributed by atoms with Crippen molar-refractivity contribution < 1.29 is 9.59 Å². The SMILES string of the molecule is CNC(=O)CNCc1csc(N(C(C)=O)c2ccc(C)cc2C)n1. The molecule has 0 unspecified atom stereocenters. The van der Waals surface area contributed by atoms with Gasteiger partial charge in [-0.3, -0.25) is 14.5 Å². The molecule has 0 saturated carbocycles. The Morgan fingerprint density at radius 3 is 2.67 bits per heavy atom. The van der Waals surface area contributed by atoms with Gasteiger partial charge in [0, 0.05) is 25.9 Å². The Labute approximate surface area is 145 Å². The Bertz CT molecular complexity index is 742. The summed E-state index contributed by atoms with van der Waals surface area (Å²) < 4.78 is 0. The van der Waals surface area contributed by atoms with E-state index in [1.54, 1.807) is 11.9 Å². The molecule has 6 nitrogen and oxygen atoms in total. The van der Waals surface area contributed by atoms with Crippen LogP contribution in [0.1, 0.15) is 23.7 Å². The normalized spacial score (nSPS) is 10.5. The lowest BCUT2D eigenvalue weighted by molar-refractivity contribution is -0.119. The number of hydrogen-bond donors (Lipinski definition) is 2. The summed E-state index contributed by atoms with van der Waals surface area (Å²) in [5, 5.41) is 8.10. The van der Waals surface area contributed by atoms with Gasteiger partial charge in [-0.05, 0) is 25.5 Å². The molecule has 0 aliphatic heterocycles. The molecule has 0 spiro atoms. The zero-order valence-electron chi connectivity index (χ0n) is 14.3. The van der Waals surface area contributed by atoms with Gasteiger partial charge >= 0.3 is 0 Å². The number of likely N-dealkylation sites (N-methyl/N-ethyl adjacent to an activating group) is 1. The lowest BCUT2D eigenvalue weighted by atomic mass is 10.1. The Morgan fingerprint density at radius 2 is 2.04 bits per heavy atom. The molecule has 2 rings (SSSR count). The number of rotatable bonds is 6. The van der Waals surface area contributed by atoms with E-state index in [0.29, 0.717) is 11.7 Å². The maximum absolute atomic E-state index is 12.2. The average molecular weight is 346 g/mol. The van der Waals surface area contributed by atoms with Crippen molar-refractivity contribution in [1.29, 1.82) is 0 Å². The van der Waals surface area contributed by atoms with Gasteiger partial charge in [0.15, 0.2) is 5.13 Å². The van der Waals surface area contributed by atoms with Gasteiger partial charge in [-0.1, -0.05) is 17.7 Å². The molecule has 2 aromatic rings. The number of hydrogen-bond acceptors (Lipinski definition) is 5. The third-order valence-electron chi connectivity index (χ3n) is 3.51. The van der Waals surface area contributed by atoms with Crippen LogP contribution in [0.2, 0.25) is 0 Å². The van der Waals surface area contributed by atoms with Gasteiger partial charge in [0.25, 0.3) is 0 Å². The summed E-state index contributed by atoms with van der Waals surface area (Å²) in [4.78, 5) is 29.5. The first kappa shape index (κ1) is 18.1. The van der Waals surface area contributed by atoms with Crippen molar-refractivity contribution in [2.75, 3.05) is 18.5 Å². The number of carbonyl (C=O) groups is 2. The third kappa shape index (κ3) is 4.39. The molecule has 128 valence electrons. The van der Waals surface area contributed by atoms with E-state index < -0.39 is 0 Å². The molecule has 1 heterocycles. The molecule has 0 saturated heterocycles. The lowest BCUT2D eigenvalue weighted by Gasteiger charge is -2.20. The van der Waals surface area contributed by atoms with Crippen LogP contribution in [0.3, 0.4) is 0 Å². The highest BCUT2D eigenvalue weighted by molar-refractivity contribution is 7.14. The van der Waals surface area contributed by atoms with Gasteiger partial charge in [-0.2, -0.15) is 0 Å². The van der Waals surface area contributed by atoms with Crippen LogP contribution in [0.25, 0.3) is 0 Å². The zero-order chi connectivity index (χ0) is 17.7. The van der Waals surface area contributed by atoms with E-state index in [9.17, 15) is 9.59 Å².